The normalized spacial score (nSPS) is 16.2. The molecule has 0 saturated carbocycles. The van der Waals surface area contributed by atoms with E-state index in [1.807, 2.05) is 20.8 Å². The number of nitrogens with two attached hydrogens (primary N) is 1. The highest BCUT2D eigenvalue weighted by Crippen LogP contribution is 2.14. The molecule has 6 unspecified atom stereocenters. The molecular weight excluding hydrogens is 456 g/mol. The number of aliphatic hydroxyl groups is 1. The molecule has 0 saturated heterocycles. The molecule has 0 aromatic heterocycles. The van der Waals surface area contributed by atoms with E-state index >= 15 is 0 Å². The van der Waals surface area contributed by atoms with Crippen LogP contribution in [0.3, 0.4) is 0 Å². The van der Waals surface area contributed by atoms with E-state index in [9.17, 15) is 29.4 Å². The zero-order chi connectivity index (χ0) is 26.7. The molecule has 0 spiro atoms. The molecule has 1 rings (SSSR count). The fourth-order valence-corrected chi connectivity index (χ4v) is 3.26. The summed E-state index contributed by atoms with van der Waals surface area (Å²) in [6.45, 7) is 6.53. The Morgan fingerprint density at radius 1 is 0.857 bits per heavy atom. The summed E-state index contributed by atoms with van der Waals surface area (Å²) in [5, 5.41) is 35.5. The highest BCUT2D eigenvalue weighted by atomic mass is 16.4. The number of aliphatic hydroxyl groups excluding tert-OH is 1. The van der Waals surface area contributed by atoms with Crippen molar-refractivity contribution in [3.8, 4) is 5.75 Å². The molecule has 1 aromatic carbocycles. The van der Waals surface area contributed by atoms with Crippen molar-refractivity contribution >= 4 is 23.7 Å². The van der Waals surface area contributed by atoms with Crippen molar-refractivity contribution in [1.29, 1.82) is 0 Å². The van der Waals surface area contributed by atoms with E-state index in [1.54, 1.807) is 19.1 Å². The monoisotopic (exact) mass is 494 g/mol. The molecule has 8 N–H and O–H groups in total. The van der Waals surface area contributed by atoms with E-state index in [4.69, 9.17) is 10.8 Å². The lowest BCUT2D eigenvalue weighted by molar-refractivity contribution is -0.143. The van der Waals surface area contributed by atoms with Gasteiger partial charge in [0.15, 0.2) is 0 Å². The Labute approximate surface area is 205 Å². The van der Waals surface area contributed by atoms with Crippen LogP contribution in [0, 0.1) is 11.8 Å². The number of benzene rings is 1. The predicted octanol–water partition coefficient (Wildman–Crippen LogP) is -0.114. The molecule has 6 atom stereocenters. The summed E-state index contributed by atoms with van der Waals surface area (Å²) >= 11 is 0. The van der Waals surface area contributed by atoms with E-state index in [2.05, 4.69) is 16.0 Å². The molecule has 0 radical (unpaired) electrons. The Kier molecular flexibility index (Phi) is 12.2. The van der Waals surface area contributed by atoms with Crippen LogP contribution in [-0.4, -0.2) is 69.8 Å². The van der Waals surface area contributed by atoms with E-state index in [-0.39, 0.29) is 24.0 Å². The summed E-state index contributed by atoms with van der Waals surface area (Å²) in [5.41, 5.74) is 6.60. The van der Waals surface area contributed by atoms with Crippen molar-refractivity contribution < 1.29 is 34.5 Å². The average molecular weight is 495 g/mol. The zero-order valence-corrected chi connectivity index (χ0v) is 20.7. The molecule has 35 heavy (non-hydrogen) atoms. The summed E-state index contributed by atoms with van der Waals surface area (Å²) in [4.78, 5) is 50.1. The van der Waals surface area contributed by atoms with Crippen LogP contribution in [0.1, 0.15) is 46.1 Å². The van der Waals surface area contributed by atoms with Crippen LogP contribution in [0.4, 0.5) is 0 Å². The minimum absolute atomic E-state index is 0.0159. The first-order valence-electron chi connectivity index (χ1n) is 11.7. The van der Waals surface area contributed by atoms with Gasteiger partial charge in [-0.25, -0.2) is 4.79 Å². The van der Waals surface area contributed by atoms with Crippen molar-refractivity contribution in [1.82, 2.24) is 16.0 Å². The molecule has 1 aromatic rings. The first-order valence-corrected chi connectivity index (χ1v) is 11.7. The predicted molar refractivity (Wildman–Crippen MR) is 129 cm³/mol. The standard InChI is InChI=1S/C24H38N4O7/c1-5-13(3)19(25)22(32)28-20(14(4)6-2)23(33)26-17(11-15-7-9-16(30)10-8-15)21(31)27-18(12-29)24(34)35/h7-10,13-14,17-20,29-30H,5-6,11-12,25H2,1-4H3,(H,26,33)(H,27,31)(H,28,32)(H,34,35). The highest BCUT2D eigenvalue weighted by molar-refractivity contribution is 5.94. The number of hydrogen-bond donors (Lipinski definition) is 7. The third-order valence-electron chi connectivity index (χ3n) is 6.16. The van der Waals surface area contributed by atoms with Gasteiger partial charge in [-0.1, -0.05) is 52.7 Å². The second-order valence-electron chi connectivity index (χ2n) is 8.80. The van der Waals surface area contributed by atoms with E-state index in [0.29, 0.717) is 18.4 Å². The topological polar surface area (TPSA) is 191 Å². The lowest BCUT2D eigenvalue weighted by Gasteiger charge is -2.28. The Balaban J connectivity index is 3.16. The SMILES string of the molecule is CCC(C)C(N)C(=O)NC(C(=O)NC(Cc1ccc(O)cc1)C(=O)NC(CO)C(=O)O)C(C)CC. The number of phenols is 1. The number of aromatic hydroxyl groups is 1. The van der Waals surface area contributed by atoms with Gasteiger partial charge in [0.05, 0.1) is 12.6 Å². The molecule has 0 bridgehead atoms. The second kappa shape index (κ2) is 14.3. The zero-order valence-electron chi connectivity index (χ0n) is 20.7. The molecular formula is C24H38N4O7. The number of rotatable bonds is 14. The minimum Gasteiger partial charge on any atom is -0.508 e. The van der Waals surface area contributed by atoms with Crippen LogP contribution in [0.2, 0.25) is 0 Å². The van der Waals surface area contributed by atoms with Gasteiger partial charge in [-0.3, -0.25) is 14.4 Å². The second-order valence-corrected chi connectivity index (χ2v) is 8.80. The van der Waals surface area contributed by atoms with Crippen molar-refractivity contribution in [2.45, 2.75) is 71.1 Å². The van der Waals surface area contributed by atoms with Gasteiger partial charge in [0.1, 0.15) is 23.9 Å². The molecule has 0 aliphatic carbocycles. The van der Waals surface area contributed by atoms with Gasteiger partial charge in [-0.15, -0.1) is 0 Å². The van der Waals surface area contributed by atoms with E-state index in [0.717, 1.165) is 0 Å². The quantitative estimate of drug-likeness (QED) is 0.186. The third-order valence-corrected chi connectivity index (χ3v) is 6.16. The Hall–Kier alpha value is -3.18. The molecule has 0 aliphatic rings. The van der Waals surface area contributed by atoms with Crippen LogP contribution in [0.15, 0.2) is 24.3 Å². The van der Waals surface area contributed by atoms with Gasteiger partial charge in [0.2, 0.25) is 17.7 Å². The Bertz CT molecular complexity index is 862. The summed E-state index contributed by atoms with van der Waals surface area (Å²) in [5.74, 6) is -3.73. The van der Waals surface area contributed by atoms with Gasteiger partial charge in [0, 0.05) is 6.42 Å². The maximum absolute atomic E-state index is 13.2. The van der Waals surface area contributed by atoms with Crippen molar-refractivity contribution in [3.63, 3.8) is 0 Å². The van der Waals surface area contributed by atoms with Gasteiger partial charge >= 0.3 is 5.97 Å². The number of carbonyl (C=O) groups excluding carboxylic acids is 3. The van der Waals surface area contributed by atoms with Crippen molar-refractivity contribution in [2.75, 3.05) is 6.61 Å². The Morgan fingerprint density at radius 3 is 1.89 bits per heavy atom. The van der Waals surface area contributed by atoms with Crippen LogP contribution in [0.25, 0.3) is 0 Å². The smallest absolute Gasteiger partial charge is 0.328 e. The largest absolute Gasteiger partial charge is 0.508 e. The van der Waals surface area contributed by atoms with Gasteiger partial charge in [-0.05, 0) is 29.5 Å². The van der Waals surface area contributed by atoms with Crippen LogP contribution < -0.4 is 21.7 Å². The van der Waals surface area contributed by atoms with Crippen LogP contribution >= 0.6 is 0 Å². The summed E-state index contributed by atoms with van der Waals surface area (Å²) < 4.78 is 0. The summed E-state index contributed by atoms with van der Waals surface area (Å²) in [6, 6.07) is 1.38. The Morgan fingerprint density at radius 2 is 1.40 bits per heavy atom. The molecule has 11 heteroatoms. The molecule has 11 nitrogen and oxygen atoms in total. The lowest BCUT2D eigenvalue weighted by atomic mass is 9.95. The number of hydrogen-bond acceptors (Lipinski definition) is 7. The number of amides is 3. The number of carboxylic acids is 1. The van der Waals surface area contributed by atoms with Crippen LogP contribution in [-0.2, 0) is 25.6 Å². The average Bonchev–Trinajstić information content (AvgIpc) is 2.84. The number of carbonyl (C=O) groups is 4. The van der Waals surface area contributed by atoms with Gasteiger partial charge < -0.3 is 37.0 Å². The molecule has 0 fully saturated rings. The van der Waals surface area contributed by atoms with Crippen LogP contribution in [0.5, 0.6) is 5.75 Å². The van der Waals surface area contributed by atoms with E-state index in [1.165, 1.54) is 12.1 Å². The molecule has 0 aliphatic heterocycles. The number of aliphatic carboxylic acids is 1. The number of nitrogens with one attached hydrogen (secondary N) is 3. The van der Waals surface area contributed by atoms with Crippen molar-refractivity contribution in [3.05, 3.63) is 29.8 Å². The highest BCUT2D eigenvalue weighted by Gasteiger charge is 2.33. The fraction of sp³-hybridized carbons (Fsp3) is 0.583. The van der Waals surface area contributed by atoms with Crippen molar-refractivity contribution in [2.24, 2.45) is 17.6 Å². The summed E-state index contributed by atoms with van der Waals surface area (Å²) in [6.07, 6.45) is 1.21. The number of phenolic OH excluding ortho intramolecular Hbond substituents is 1. The summed E-state index contributed by atoms with van der Waals surface area (Å²) in [7, 11) is 0. The molecule has 0 heterocycles. The molecule has 3 amide bonds. The minimum atomic E-state index is -1.56. The van der Waals surface area contributed by atoms with Gasteiger partial charge in [-0.2, -0.15) is 0 Å². The number of carboxylic acid groups (broad SMARTS) is 1. The maximum Gasteiger partial charge on any atom is 0.328 e. The third kappa shape index (κ3) is 9.18. The maximum atomic E-state index is 13.2. The van der Waals surface area contributed by atoms with E-state index < -0.39 is 54.5 Å². The van der Waals surface area contributed by atoms with Gasteiger partial charge in [0.25, 0.3) is 0 Å². The first kappa shape index (κ1) is 29.9. The fourth-order valence-electron chi connectivity index (χ4n) is 3.26. The first-order chi connectivity index (χ1) is 16.4. The molecule has 196 valence electrons. The lowest BCUT2D eigenvalue weighted by Crippen LogP contribution is -2.59.